The second kappa shape index (κ2) is 6.14. The Hall–Kier alpha value is -1.43. The Kier molecular flexibility index (Phi) is 5.05. The van der Waals surface area contributed by atoms with Crippen molar-refractivity contribution in [1.82, 2.24) is 15.1 Å². The predicted octanol–water partition coefficient (Wildman–Crippen LogP) is 0.823. The zero-order valence-corrected chi connectivity index (χ0v) is 12.2. The molecule has 19 heavy (non-hydrogen) atoms. The molecular weight excluding hydrogens is 246 g/mol. The third-order valence-electron chi connectivity index (χ3n) is 3.75. The molecule has 1 rings (SSSR count). The quantitative estimate of drug-likeness (QED) is 0.725. The molecule has 0 saturated carbocycles. The van der Waals surface area contributed by atoms with Crippen LogP contribution in [0.4, 0.5) is 4.79 Å². The Balaban J connectivity index is 2.84. The monoisotopic (exact) mass is 269 g/mol. The van der Waals surface area contributed by atoms with Gasteiger partial charge in [0.15, 0.2) is 0 Å². The summed E-state index contributed by atoms with van der Waals surface area (Å²) >= 11 is 0. The third kappa shape index (κ3) is 2.94. The lowest BCUT2D eigenvalue weighted by Gasteiger charge is -2.38. The van der Waals surface area contributed by atoms with Gasteiger partial charge in [-0.25, -0.2) is 4.79 Å². The highest BCUT2D eigenvalue weighted by molar-refractivity contribution is 6.19. The van der Waals surface area contributed by atoms with Crippen LogP contribution in [0.15, 0.2) is 0 Å². The topological polar surface area (TPSA) is 69.7 Å². The fourth-order valence-electron chi connectivity index (χ4n) is 2.35. The molecule has 0 aliphatic carbocycles. The molecule has 1 aliphatic heterocycles. The van der Waals surface area contributed by atoms with Crippen LogP contribution in [0.1, 0.15) is 33.1 Å². The first kappa shape index (κ1) is 15.6. The molecule has 6 heteroatoms. The Morgan fingerprint density at radius 2 is 1.74 bits per heavy atom. The molecule has 0 aromatic rings. The van der Waals surface area contributed by atoms with Crippen LogP contribution in [0.2, 0.25) is 0 Å². The van der Waals surface area contributed by atoms with Gasteiger partial charge in [-0.1, -0.05) is 13.8 Å². The van der Waals surface area contributed by atoms with E-state index in [0.717, 1.165) is 6.54 Å². The van der Waals surface area contributed by atoms with Gasteiger partial charge in [0.25, 0.3) is 0 Å². The number of rotatable bonds is 6. The van der Waals surface area contributed by atoms with E-state index in [1.807, 2.05) is 19.0 Å². The summed E-state index contributed by atoms with van der Waals surface area (Å²) in [6, 6.07) is -0.591. The van der Waals surface area contributed by atoms with Crippen molar-refractivity contribution in [3.8, 4) is 0 Å². The van der Waals surface area contributed by atoms with E-state index in [1.165, 1.54) is 4.90 Å². The first-order chi connectivity index (χ1) is 8.89. The van der Waals surface area contributed by atoms with E-state index in [1.54, 1.807) is 13.8 Å². The Bertz CT molecular complexity index is 375. The summed E-state index contributed by atoms with van der Waals surface area (Å²) in [6.07, 6.45) is 1.51. The Labute approximate surface area is 114 Å². The van der Waals surface area contributed by atoms with Gasteiger partial charge < -0.3 is 4.90 Å². The maximum Gasteiger partial charge on any atom is 0.330 e. The third-order valence-corrected chi connectivity index (χ3v) is 3.75. The molecule has 108 valence electrons. The Morgan fingerprint density at radius 3 is 2.21 bits per heavy atom. The van der Waals surface area contributed by atoms with Gasteiger partial charge in [-0.3, -0.25) is 19.8 Å². The van der Waals surface area contributed by atoms with Gasteiger partial charge >= 0.3 is 6.03 Å². The van der Waals surface area contributed by atoms with Crippen molar-refractivity contribution >= 4 is 17.8 Å². The summed E-state index contributed by atoms with van der Waals surface area (Å²) in [5.74, 6) is -0.818. The molecule has 6 nitrogen and oxygen atoms in total. The van der Waals surface area contributed by atoms with E-state index in [0.29, 0.717) is 25.8 Å². The maximum atomic E-state index is 12.4. The number of hydrogen-bond acceptors (Lipinski definition) is 4. The molecule has 0 aromatic heterocycles. The number of nitrogens with one attached hydrogen (secondary N) is 1. The average Bonchev–Trinajstić information content (AvgIpc) is 2.34. The summed E-state index contributed by atoms with van der Waals surface area (Å²) < 4.78 is 0. The number of carbonyl (C=O) groups excluding carboxylic acids is 3. The molecule has 1 saturated heterocycles. The van der Waals surface area contributed by atoms with Crippen molar-refractivity contribution in [1.29, 1.82) is 0 Å². The van der Waals surface area contributed by atoms with E-state index in [4.69, 9.17) is 0 Å². The number of amides is 4. The van der Waals surface area contributed by atoms with Gasteiger partial charge in [-0.05, 0) is 39.9 Å². The van der Waals surface area contributed by atoms with Gasteiger partial charge in [-0.15, -0.1) is 0 Å². The van der Waals surface area contributed by atoms with Gasteiger partial charge in [0.1, 0.15) is 5.41 Å². The molecule has 1 fully saturated rings. The van der Waals surface area contributed by atoms with Crippen LogP contribution >= 0.6 is 0 Å². The van der Waals surface area contributed by atoms with Gasteiger partial charge in [0, 0.05) is 6.54 Å². The molecule has 0 bridgehead atoms. The van der Waals surface area contributed by atoms with Crippen LogP contribution in [0.5, 0.6) is 0 Å². The first-order valence-electron chi connectivity index (χ1n) is 6.71. The van der Waals surface area contributed by atoms with Crippen molar-refractivity contribution in [2.45, 2.75) is 33.1 Å². The molecular formula is C13H23N3O3. The highest BCUT2D eigenvalue weighted by Crippen LogP contribution is 2.32. The summed E-state index contributed by atoms with van der Waals surface area (Å²) in [4.78, 5) is 39.3. The lowest BCUT2D eigenvalue weighted by molar-refractivity contribution is -0.152. The van der Waals surface area contributed by atoms with E-state index in [9.17, 15) is 14.4 Å². The zero-order chi connectivity index (χ0) is 14.6. The van der Waals surface area contributed by atoms with E-state index in [-0.39, 0.29) is 5.91 Å². The SMILES string of the molecule is CCC1(CC)C(=O)NC(=O)N(CCCN(C)C)C1=O. The number of carbonyl (C=O) groups is 3. The maximum absolute atomic E-state index is 12.4. The van der Waals surface area contributed by atoms with Gasteiger partial charge in [-0.2, -0.15) is 0 Å². The minimum atomic E-state index is -1.08. The summed E-state index contributed by atoms with van der Waals surface area (Å²) in [5, 5.41) is 2.30. The van der Waals surface area contributed by atoms with Crippen molar-refractivity contribution in [3.05, 3.63) is 0 Å². The smallest absolute Gasteiger partial charge is 0.309 e. The number of barbiturate groups is 1. The van der Waals surface area contributed by atoms with Crippen LogP contribution in [-0.2, 0) is 9.59 Å². The van der Waals surface area contributed by atoms with Crippen LogP contribution in [0, 0.1) is 5.41 Å². The van der Waals surface area contributed by atoms with E-state index >= 15 is 0 Å². The molecule has 1 aliphatic rings. The second-order valence-corrected chi connectivity index (χ2v) is 5.16. The average molecular weight is 269 g/mol. The molecule has 4 amide bonds. The molecule has 0 radical (unpaired) electrons. The van der Waals surface area contributed by atoms with Crippen molar-refractivity contribution < 1.29 is 14.4 Å². The van der Waals surface area contributed by atoms with Gasteiger partial charge in [0.05, 0.1) is 0 Å². The zero-order valence-electron chi connectivity index (χ0n) is 12.2. The van der Waals surface area contributed by atoms with Crippen LogP contribution in [0.3, 0.4) is 0 Å². The second-order valence-electron chi connectivity index (χ2n) is 5.16. The van der Waals surface area contributed by atoms with Crippen LogP contribution < -0.4 is 5.32 Å². The van der Waals surface area contributed by atoms with Crippen molar-refractivity contribution in [3.63, 3.8) is 0 Å². The summed E-state index contributed by atoms with van der Waals surface area (Å²) in [6.45, 7) is 4.73. The lowest BCUT2D eigenvalue weighted by Crippen LogP contribution is -2.63. The summed E-state index contributed by atoms with van der Waals surface area (Å²) in [7, 11) is 3.87. The minimum absolute atomic E-state index is 0.345. The molecule has 0 spiro atoms. The largest absolute Gasteiger partial charge is 0.330 e. The number of nitrogens with zero attached hydrogens (tertiary/aromatic N) is 2. The van der Waals surface area contributed by atoms with E-state index < -0.39 is 17.4 Å². The predicted molar refractivity (Wildman–Crippen MR) is 71.4 cm³/mol. The van der Waals surface area contributed by atoms with Crippen molar-refractivity contribution in [2.24, 2.45) is 5.41 Å². The number of urea groups is 1. The number of hydrogen-bond donors (Lipinski definition) is 1. The van der Waals surface area contributed by atoms with E-state index in [2.05, 4.69) is 5.32 Å². The molecule has 0 unspecified atom stereocenters. The minimum Gasteiger partial charge on any atom is -0.309 e. The van der Waals surface area contributed by atoms with Gasteiger partial charge in [0.2, 0.25) is 11.8 Å². The summed E-state index contributed by atoms with van der Waals surface area (Å²) in [5.41, 5.74) is -1.08. The van der Waals surface area contributed by atoms with Crippen LogP contribution in [0.25, 0.3) is 0 Å². The van der Waals surface area contributed by atoms with Crippen LogP contribution in [-0.4, -0.2) is 54.8 Å². The lowest BCUT2D eigenvalue weighted by atomic mass is 9.78. The highest BCUT2D eigenvalue weighted by Gasteiger charge is 2.51. The number of imide groups is 2. The fourth-order valence-corrected chi connectivity index (χ4v) is 2.35. The standard InChI is InChI=1S/C13H23N3O3/c1-5-13(6-2)10(17)14-12(19)16(11(13)18)9-7-8-15(3)4/h5-9H2,1-4H3,(H,14,17,19). The Morgan fingerprint density at radius 1 is 1.16 bits per heavy atom. The molecule has 0 aromatic carbocycles. The highest BCUT2D eigenvalue weighted by atomic mass is 16.2. The molecule has 1 N–H and O–H groups in total. The normalized spacial score (nSPS) is 19.0. The first-order valence-corrected chi connectivity index (χ1v) is 6.71. The fraction of sp³-hybridized carbons (Fsp3) is 0.769. The molecule has 1 heterocycles. The van der Waals surface area contributed by atoms with Crippen molar-refractivity contribution in [2.75, 3.05) is 27.2 Å². The molecule has 0 atom stereocenters.